The van der Waals surface area contributed by atoms with Crippen LogP contribution in [0.15, 0.2) is 0 Å². The first-order valence-electron chi connectivity index (χ1n) is 9.08. The molecule has 1 unspecified atom stereocenters. The summed E-state index contributed by atoms with van der Waals surface area (Å²) in [5.74, 6) is 1.43. The van der Waals surface area contributed by atoms with Crippen molar-refractivity contribution >= 4 is 11.8 Å². The van der Waals surface area contributed by atoms with Crippen molar-refractivity contribution in [2.75, 3.05) is 6.54 Å². The Hall–Kier alpha value is -1.92. The minimum absolute atomic E-state index is 0.00331. The van der Waals surface area contributed by atoms with Gasteiger partial charge in [-0.1, -0.05) is 25.7 Å². The van der Waals surface area contributed by atoms with Crippen molar-refractivity contribution in [1.82, 2.24) is 25.4 Å². The SMILES string of the molecule is Cc1nc(CNC(=O)C2CCC(=O)N(C3CCCCCC3)C2)n[nH]1. The zero-order chi connectivity index (χ0) is 16.9. The summed E-state index contributed by atoms with van der Waals surface area (Å²) < 4.78 is 0. The van der Waals surface area contributed by atoms with E-state index in [1.165, 1.54) is 25.7 Å². The van der Waals surface area contributed by atoms with Crippen LogP contribution in [0.4, 0.5) is 0 Å². The second kappa shape index (κ2) is 7.77. The van der Waals surface area contributed by atoms with E-state index in [2.05, 4.69) is 20.5 Å². The molecule has 2 heterocycles. The smallest absolute Gasteiger partial charge is 0.225 e. The Morgan fingerprint density at radius 1 is 1.25 bits per heavy atom. The Balaban J connectivity index is 1.55. The van der Waals surface area contributed by atoms with Crippen molar-refractivity contribution in [3.8, 4) is 0 Å². The number of aromatic nitrogens is 3. The lowest BCUT2D eigenvalue weighted by Gasteiger charge is -2.37. The van der Waals surface area contributed by atoms with Crippen LogP contribution in [0.2, 0.25) is 0 Å². The third-order valence-electron chi connectivity index (χ3n) is 5.14. The fourth-order valence-electron chi connectivity index (χ4n) is 3.79. The number of aromatic amines is 1. The number of H-pyrrole nitrogens is 1. The average molecular weight is 333 g/mol. The van der Waals surface area contributed by atoms with E-state index < -0.39 is 0 Å². The molecule has 0 radical (unpaired) electrons. The quantitative estimate of drug-likeness (QED) is 0.820. The normalized spacial score (nSPS) is 23.1. The number of hydrogen-bond acceptors (Lipinski definition) is 4. The zero-order valence-corrected chi connectivity index (χ0v) is 14.4. The molecule has 1 atom stereocenters. The zero-order valence-electron chi connectivity index (χ0n) is 14.4. The van der Waals surface area contributed by atoms with Gasteiger partial charge >= 0.3 is 0 Å². The molecule has 1 aromatic rings. The molecule has 1 aliphatic heterocycles. The van der Waals surface area contributed by atoms with Crippen molar-refractivity contribution in [2.45, 2.75) is 70.9 Å². The van der Waals surface area contributed by atoms with E-state index in [0.717, 1.165) is 18.7 Å². The van der Waals surface area contributed by atoms with Crippen LogP contribution in [0.3, 0.4) is 0 Å². The fourth-order valence-corrected chi connectivity index (χ4v) is 3.79. The number of likely N-dealkylation sites (tertiary alicyclic amines) is 1. The molecule has 1 aromatic heterocycles. The fraction of sp³-hybridized carbons (Fsp3) is 0.765. The number of carbonyl (C=O) groups is 2. The van der Waals surface area contributed by atoms with Gasteiger partial charge in [-0.25, -0.2) is 4.98 Å². The Kier molecular flexibility index (Phi) is 5.48. The van der Waals surface area contributed by atoms with Crippen molar-refractivity contribution in [1.29, 1.82) is 0 Å². The third kappa shape index (κ3) is 4.13. The average Bonchev–Trinajstić information content (AvgIpc) is 2.83. The molecule has 1 aliphatic carbocycles. The summed E-state index contributed by atoms with van der Waals surface area (Å²) in [6, 6.07) is 0.325. The Morgan fingerprint density at radius 2 is 2.00 bits per heavy atom. The molecule has 2 amide bonds. The molecule has 0 aromatic carbocycles. The van der Waals surface area contributed by atoms with Crippen molar-refractivity contribution in [2.24, 2.45) is 5.92 Å². The molecule has 3 rings (SSSR count). The van der Waals surface area contributed by atoms with Crippen LogP contribution in [0.1, 0.15) is 63.0 Å². The summed E-state index contributed by atoms with van der Waals surface area (Å²) in [5, 5.41) is 9.71. The summed E-state index contributed by atoms with van der Waals surface area (Å²) in [7, 11) is 0. The summed E-state index contributed by atoms with van der Waals surface area (Å²) in [5.41, 5.74) is 0. The van der Waals surface area contributed by atoms with E-state index in [9.17, 15) is 9.59 Å². The Bertz CT molecular complexity index is 577. The van der Waals surface area contributed by atoms with E-state index in [4.69, 9.17) is 0 Å². The lowest BCUT2D eigenvalue weighted by Crippen LogP contribution is -2.49. The maximum Gasteiger partial charge on any atom is 0.225 e. The molecule has 24 heavy (non-hydrogen) atoms. The highest BCUT2D eigenvalue weighted by Gasteiger charge is 2.34. The molecule has 132 valence electrons. The van der Waals surface area contributed by atoms with Gasteiger partial charge in [0.05, 0.1) is 12.5 Å². The van der Waals surface area contributed by atoms with Crippen LogP contribution in [0.25, 0.3) is 0 Å². The van der Waals surface area contributed by atoms with Gasteiger partial charge in [0.2, 0.25) is 11.8 Å². The van der Waals surface area contributed by atoms with Gasteiger partial charge in [0.15, 0.2) is 5.82 Å². The number of carbonyl (C=O) groups excluding carboxylic acids is 2. The number of aryl methyl sites for hydroxylation is 1. The predicted octanol–water partition coefficient (Wildman–Crippen LogP) is 1.69. The van der Waals surface area contributed by atoms with Crippen LogP contribution in [0.5, 0.6) is 0 Å². The highest BCUT2D eigenvalue weighted by Crippen LogP contribution is 2.27. The summed E-state index contributed by atoms with van der Waals surface area (Å²) in [6.45, 7) is 2.72. The number of piperidine rings is 1. The molecule has 0 spiro atoms. The summed E-state index contributed by atoms with van der Waals surface area (Å²) in [6.07, 6.45) is 8.18. The van der Waals surface area contributed by atoms with E-state index in [0.29, 0.717) is 37.8 Å². The van der Waals surface area contributed by atoms with Gasteiger partial charge in [-0.2, -0.15) is 5.10 Å². The lowest BCUT2D eigenvalue weighted by atomic mass is 9.93. The second-order valence-electron chi connectivity index (χ2n) is 6.98. The maximum absolute atomic E-state index is 12.5. The Morgan fingerprint density at radius 3 is 2.67 bits per heavy atom. The van der Waals surface area contributed by atoms with Crippen LogP contribution >= 0.6 is 0 Å². The largest absolute Gasteiger partial charge is 0.348 e. The molecule has 7 heteroatoms. The molecular formula is C17H27N5O2. The second-order valence-corrected chi connectivity index (χ2v) is 6.98. The highest BCUT2D eigenvalue weighted by atomic mass is 16.2. The molecule has 2 N–H and O–H groups in total. The topological polar surface area (TPSA) is 91.0 Å². The first-order chi connectivity index (χ1) is 11.6. The molecule has 0 bridgehead atoms. The summed E-state index contributed by atoms with van der Waals surface area (Å²) in [4.78, 5) is 31.0. The molecule has 1 saturated heterocycles. The number of nitrogens with zero attached hydrogens (tertiary/aromatic N) is 3. The monoisotopic (exact) mass is 333 g/mol. The van der Waals surface area contributed by atoms with Gasteiger partial charge in [0.1, 0.15) is 5.82 Å². The van der Waals surface area contributed by atoms with Crippen molar-refractivity contribution in [3.63, 3.8) is 0 Å². The molecule has 2 aliphatic rings. The van der Waals surface area contributed by atoms with Gasteiger partial charge in [-0.05, 0) is 26.2 Å². The van der Waals surface area contributed by atoms with E-state index in [1.54, 1.807) is 0 Å². The van der Waals surface area contributed by atoms with Crippen LogP contribution in [-0.4, -0.2) is 44.5 Å². The highest BCUT2D eigenvalue weighted by molar-refractivity contribution is 5.83. The van der Waals surface area contributed by atoms with E-state index >= 15 is 0 Å². The maximum atomic E-state index is 12.5. The van der Waals surface area contributed by atoms with Crippen molar-refractivity contribution < 1.29 is 9.59 Å². The minimum atomic E-state index is -0.119. The molecule has 7 nitrogen and oxygen atoms in total. The molecule has 2 fully saturated rings. The number of nitrogens with one attached hydrogen (secondary N) is 2. The lowest BCUT2D eigenvalue weighted by molar-refractivity contribution is -0.141. The van der Waals surface area contributed by atoms with E-state index in [1.807, 2.05) is 11.8 Å². The number of hydrogen-bond donors (Lipinski definition) is 2. The van der Waals surface area contributed by atoms with Gasteiger partial charge < -0.3 is 10.2 Å². The molecular weight excluding hydrogens is 306 g/mol. The van der Waals surface area contributed by atoms with Crippen LogP contribution in [0, 0.1) is 12.8 Å². The Labute approximate surface area is 142 Å². The van der Waals surface area contributed by atoms with Crippen molar-refractivity contribution in [3.05, 3.63) is 11.6 Å². The predicted molar refractivity (Wildman–Crippen MR) is 88.9 cm³/mol. The van der Waals surface area contributed by atoms with Gasteiger partial charge in [-0.15, -0.1) is 0 Å². The van der Waals surface area contributed by atoms with Gasteiger partial charge in [-0.3, -0.25) is 14.7 Å². The number of rotatable bonds is 4. The first kappa shape index (κ1) is 16.9. The summed E-state index contributed by atoms with van der Waals surface area (Å²) >= 11 is 0. The van der Waals surface area contributed by atoms with Gasteiger partial charge in [0.25, 0.3) is 0 Å². The molecule has 1 saturated carbocycles. The third-order valence-corrected chi connectivity index (χ3v) is 5.14. The van der Waals surface area contributed by atoms with E-state index in [-0.39, 0.29) is 17.7 Å². The van der Waals surface area contributed by atoms with Crippen LogP contribution < -0.4 is 5.32 Å². The van der Waals surface area contributed by atoms with Gasteiger partial charge in [0, 0.05) is 19.0 Å². The standard InChI is InChI=1S/C17H27N5O2/c1-12-19-15(21-20-12)10-18-17(24)13-8-9-16(23)22(11-13)14-6-4-2-3-5-7-14/h13-14H,2-11H2,1H3,(H,18,24)(H,19,20,21). The minimum Gasteiger partial charge on any atom is -0.348 e. The first-order valence-corrected chi connectivity index (χ1v) is 9.08. The van der Waals surface area contributed by atoms with Crippen LogP contribution in [-0.2, 0) is 16.1 Å². The number of amides is 2.